The molecular weight excluding hydrogens is 244 g/mol. The minimum absolute atomic E-state index is 0.315. The lowest BCUT2D eigenvalue weighted by Crippen LogP contribution is -2.25. The summed E-state index contributed by atoms with van der Waals surface area (Å²) < 4.78 is 16.6. The molecule has 1 N–H and O–H groups in total. The second-order valence-corrected chi connectivity index (χ2v) is 4.11. The second-order valence-electron chi connectivity index (χ2n) is 4.11. The second kappa shape index (κ2) is 8.91. The van der Waals surface area contributed by atoms with Crippen LogP contribution in [-0.4, -0.2) is 31.2 Å². The number of rotatable bonds is 9. The molecular formula is C15H24O4. The van der Waals surface area contributed by atoms with E-state index in [2.05, 4.69) is 0 Å². The van der Waals surface area contributed by atoms with Crippen LogP contribution in [0.2, 0.25) is 0 Å². The third-order valence-corrected chi connectivity index (χ3v) is 2.74. The molecule has 0 bridgehead atoms. The molecule has 1 atom stereocenters. The van der Waals surface area contributed by atoms with Crippen molar-refractivity contribution in [2.45, 2.75) is 39.6 Å². The summed E-state index contributed by atoms with van der Waals surface area (Å²) >= 11 is 0. The highest BCUT2D eigenvalue weighted by Crippen LogP contribution is 2.27. The Morgan fingerprint density at radius 3 is 2.26 bits per heavy atom. The third-order valence-electron chi connectivity index (χ3n) is 2.74. The van der Waals surface area contributed by atoms with Crippen molar-refractivity contribution in [2.24, 2.45) is 0 Å². The summed E-state index contributed by atoms with van der Waals surface area (Å²) in [4.78, 5) is 0. The van der Waals surface area contributed by atoms with Gasteiger partial charge < -0.3 is 19.3 Å². The molecule has 0 aliphatic carbocycles. The Morgan fingerprint density at radius 2 is 1.68 bits per heavy atom. The Balaban J connectivity index is 2.65. The molecule has 0 aromatic heterocycles. The molecule has 0 amide bonds. The topological polar surface area (TPSA) is 47.9 Å². The van der Waals surface area contributed by atoms with Crippen LogP contribution in [0.4, 0.5) is 0 Å². The van der Waals surface area contributed by atoms with Gasteiger partial charge in [0.15, 0.2) is 6.29 Å². The normalized spacial score (nSPS) is 12.7. The van der Waals surface area contributed by atoms with Gasteiger partial charge in [-0.05, 0) is 26.3 Å². The van der Waals surface area contributed by atoms with Crippen molar-refractivity contribution in [2.75, 3.05) is 19.8 Å². The van der Waals surface area contributed by atoms with E-state index in [0.29, 0.717) is 32.0 Å². The smallest absolute Gasteiger partial charge is 0.191 e. The number of benzene rings is 1. The first-order valence-electron chi connectivity index (χ1n) is 6.85. The van der Waals surface area contributed by atoms with E-state index in [-0.39, 0.29) is 6.29 Å². The fraction of sp³-hybridized carbons (Fsp3) is 0.600. The lowest BCUT2D eigenvalue weighted by Gasteiger charge is -2.20. The van der Waals surface area contributed by atoms with Crippen LogP contribution in [0, 0.1) is 0 Å². The van der Waals surface area contributed by atoms with Crippen LogP contribution in [0.25, 0.3) is 0 Å². The van der Waals surface area contributed by atoms with Gasteiger partial charge in [0, 0.05) is 18.8 Å². The number of ether oxygens (including phenoxy) is 3. The van der Waals surface area contributed by atoms with E-state index in [1.54, 1.807) is 0 Å². The average molecular weight is 268 g/mol. The quantitative estimate of drug-likeness (QED) is 0.700. The molecule has 0 saturated carbocycles. The number of hydrogen-bond donors (Lipinski definition) is 1. The summed E-state index contributed by atoms with van der Waals surface area (Å²) in [5, 5.41) is 9.94. The predicted octanol–water partition coefficient (Wildman–Crippen LogP) is 2.91. The SMILES string of the molecule is CCOC(COc1ccccc1[C@H](O)CC)OCC. The molecule has 0 radical (unpaired) electrons. The molecule has 0 unspecified atom stereocenters. The van der Waals surface area contributed by atoms with Crippen LogP contribution in [-0.2, 0) is 9.47 Å². The van der Waals surface area contributed by atoms with Crippen LogP contribution in [0.3, 0.4) is 0 Å². The standard InChI is InChI=1S/C15H24O4/c1-4-13(16)12-9-7-8-10-14(12)19-11-15(17-5-2)18-6-3/h7-10,13,15-16H,4-6,11H2,1-3H3/t13-/m1/s1. The zero-order chi connectivity index (χ0) is 14.1. The molecule has 19 heavy (non-hydrogen) atoms. The van der Waals surface area contributed by atoms with Crippen LogP contribution < -0.4 is 4.74 Å². The molecule has 0 spiro atoms. The minimum atomic E-state index is -0.506. The van der Waals surface area contributed by atoms with Crippen molar-refractivity contribution in [3.63, 3.8) is 0 Å². The van der Waals surface area contributed by atoms with Gasteiger partial charge in [-0.3, -0.25) is 0 Å². The number of hydrogen-bond acceptors (Lipinski definition) is 4. The lowest BCUT2D eigenvalue weighted by atomic mass is 10.1. The van der Waals surface area contributed by atoms with Gasteiger partial charge >= 0.3 is 0 Å². The molecule has 108 valence electrons. The average Bonchev–Trinajstić information content (AvgIpc) is 2.44. The highest BCUT2D eigenvalue weighted by Gasteiger charge is 2.14. The Hall–Kier alpha value is -1.10. The van der Waals surface area contributed by atoms with E-state index in [1.807, 2.05) is 45.0 Å². The lowest BCUT2D eigenvalue weighted by molar-refractivity contribution is -0.152. The summed E-state index contributed by atoms with van der Waals surface area (Å²) in [5.74, 6) is 0.682. The summed E-state index contributed by atoms with van der Waals surface area (Å²) in [5.41, 5.74) is 0.803. The summed E-state index contributed by atoms with van der Waals surface area (Å²) in [6, 6.07) is 7.50. The maximum Gasteiger partial charge on any atom is 0.191 e. The molecule has 0 saturated heterocycles. The summed E-state index contributed by atoms with van der Waals surface area (Å²) in [6.07, 6.45) is -0.226. The third kappa shape index (κ3) is 5.19. The van der Waals surface area contributed by atoms with Crippen molar-refractivity contribution >= 4 is 0 Å². The number of aliphatic hydroxyl groups is 1. The van der Waals surface area contributed by atoms with Gasteiger partial charge in [0.1, 0.15) is 12.4 Å². The van der Waals surface area contributed by atoms with Gasteiger partial charge in [-0.2, -0.15) is 0 Å². The molecule has 1 aromatic carbocycles. The fourth-order valence-electron chi connectivity index (χ4n) is 1.78. The summed E-state index contributed by atoms with van der Waals surface area (Å²) in [6.45, 7) is 7.24. The zero-order valence-electron chi connectivity index (χ0n) is 12.0. The van der Waals surface area contributed by atoms with Gasteiger partial charge in [0.05, 0.1) is 6.10 Å². The number of aliphatic hydroxyl groups excluding tert-OH is 1. The molecule has 0 aliphatic rings. The Labute approximate surface area is 115 Å². The van der Waals surface area contributed by atoms with Crippen molar-refractivity contribution in [1.29, 1.82) is 0 Å². The fourth-order valence-corrected chi connectivity index (χ4v) is 1.78. The monoisotopic (exact) mass is 268 g/mol. The van der Waals surface area contributed by atoms with Gasteiger partial charge in [0.25, 0.3) is 0 Å². The molecule has 1 rings (SSSR count). The van der Waals surface area contributed by atoms with E-state index >= 15 is 0 Å². The molecule has 0 fully saturated rings. The molecule has 0 aliphatic heterocycles. The van der Waals surface area contributed by atoms with E-state index in [0.717, 1.165) is 5.56 Å². The first-order chi connectivity index (χ1) is 9.22. The minimum Gasteiger partial charge on any atom is -0.488 e. The van der Waals surface area contributed by atoms with Gasteiger partial charge in [-0.25, -0.2) is 0 Å². The van der Waals surface area contributed by atoms with E-state index in [9.17, 15) is 5.11 Å². The van der Waals surface area contributed by atoms with E-state index in [4.69, 9.17) is 14.2 Å². The first kappa shape index (κ1) is 16.0. The highest BCUT2D eigenvalue weighted by atomic mass is 16.7. The van der Waals surface area contributed by atoms with Crippen molar-refractivity contribution in [1.82, 2.24) is 0 Å². The van der Waals surface area contributed by atoms with Crippen LogP contribution in [0.15, 0.2) is 24.3 Å². The maximum atomic E-state index is 9.94. The van der Waals surface area contributed by atoms with Crippen molar-refractivity contribution in [3.8, 4) is 5.75 Å². The van der Waals surface area contributed by atoms with Gasteiger partial charge in [0.2, 0.25) is 0 Å². The first-order valence-corrected chi connectivity index (χ1v) is 6.85. The highest BCUT2D eigenvalue weighted by molar-refractivity contribution is 5.34. The molecule has 4 nitrogen and oxygen atoms in total. The van der Waals surface area contributed by atoms with Crippen molar-refractivity contribution < 1.29 is 19.3 Å². The Morgan fingerprint density at radius 1 is 1.05 bits per heavy atom. The van der Waals surface area contributed by atoms with Crippen LogP contribution >= 0.6 is 0 Å². The van der Waals surface area contributed by atoms with E-state index in [1.165, 1.54) is 0 Å². The number of para-hydroxylation sites is 1. The zero-order valence-corrected chi connectivity index (χ0v) is 12.0. The Kier molecular flexibility index (Phi) is 7.48. The maximum absolute atomic E-state index is 9.94. The predicted molar refractivity (Wildman–Crippen MR) is 74.2 cm³/mol. The van der Waals surface area contributed by atoms with Gasteiger partial charge in [-0.1, -0.05) is 25.1 Å². The van der Waals surface area contributed by atoms with Crippen LogP contribution in [0.1, 0.15) is 38.9 Å². The summed E-state index contributed by atoms with van der Waals surface area (Å²) in [7, 11) is 0. The molecule has 0 heterocycles. The Bertz CT molecular complexity index is 348. The van der Waals surface area contributed by atoms with E-state index < -0.39 is 6.10 Å². The largest absolute Gasteiger partial charge is 0.488 e. The van der Waals surface area contributed by atoms with Gasteiger partial charge in [-0.15, -0.1) is 0 Å². The van der Waals surface area contributed by atoms with Crippen LogP contribution in [0.5, 0.6) is 5.75 Å². The van der Waals surface area contributed by atoms with Crippen molar-refractivity contribution in [3.05, 3.63) is 29.8 Å². The molecule has 4 heteroatoms. The molecule has 1 aromatic rings.